The van der Waals surface area contributed by atoms with Gasteiger partial charge >= 0.3 is 5.97 Å². The maximum absolute atomic E-state index is 10.7. The van der Waals surface area contributed by atoms with Gasteiger partial charge < -0.3 is 10.2 Å². The molecule has 2 N–H and O–H groups in total. The van der Waals surface area contributed by atoms with E-state index in [0.717, 1.165) is 11.1 Å². The van der Waals surface area contributed by atoms with E-state index in [2.05, 4.69) is 0 Å². The third-order valence-corrected chi connectivity index (χ3v) is 2.92. The van der Waals surface area contributed by atoms with Crippen molar-refractivity contribution in [1.29, 1.82) is 0 Å². The number of aromatic carboxylic acids is 1. The van der Waals surface area contributed by atoms with Gasteiger partial charge in [0.1, 0.15) is 5.75 Å². The van der Waals surface area contributed by atoms with Crippen molar-refractivity contribution in [2.45, 2.75) is 0 Å². The Bertz CT molecular complexity index is 613. The normalized spacial score (nSPS) is 11.3. The second-order valence-corrected chi connectivity index (χ2v) is 4.37. The van der Waals surface area contributed by atoms with Crippen molar-refractivity contribution in [3.05, 3.63) is 65.2 Å². The van der Waals surface area contributed by atoms with E-state index in [-0.39, 0.29) is 11.3 Å². The Kier molecular flexibility index (Phi) is 3.88. The fourth-order valence-electron chi connectivity index (χ4n) is 1.57. The molecule has 0 aliphatic carbocycles. The lowest BCUT2D eigenvalue weighted by Crippen LogP contribution is -1.94. The minimum absolute atomic E-state index is 0.180. The van der Waals surface area contributed by atoms with Crippen molar-refractivity contribution in [3.8, 4) is 5.75 Å². The zero-order chi connectivity index (χ0) is 13.8. The Morgan fingerprint density at radius 2 is 1.47 bits per heavy atom. The van der Waals surface area contributed by atoms with Crippen molar-refractivity contribution in [3.63, 3.8) is 0 Å². The molecule has 0 unspecified atom stereocenters. The first kappa shape index (κ1) is 13.2. The van der Waals surface area contributed by atoms with E-state index in [1.54, 1.807) is 42.5 Å². The van der Waals surface area contributed by atoms with Crippen LogP contribution in [0.4, 0.5) is 0 Å². The van der Waals surface area contributed by atoms with E-state index in [9.17, 15) is 9.90 Å². The van der Waals surface area contributed by atoms with Gasteiger partial charge in [0.2, 0.25) is 0 Å². The van der Waals surface area contributed by atoms with Gasteiger partial charge in [0.15, 0.2) is 0 Å². The van der Waals surface area contributed by atoms with E-state index in [1.807, 2.05) is 0 Å². The van der Waals surface area contributed by atoms with Crippen LogP contribution in [-0.2, 0) is 0 Å². The first-order valence-electron chi connectivity index (χ1n) is 5.56. The average molecular weight is 275 g/mol. The molecule has 19 heavy (non-hydrogen) atoms. The number of carbonyl (C=O) groups is 1. The monoisotopic (exact) mass is 274 g/mol. The number of benzene rings is 2. The van der Waals surface area contributed by atoms with Gasteiger partial charge in [-0.05, 0) is 53.6 Å². The number of aromatic hydroxyl groups is 1. The Labute approximate surface area is 115 Å². The van der Waals surface area contributed by atoms with E-state index in [0.29, 0.717) is 5.03 Å². The number of hydrogen-bond acceptors (Lipinski definition) is 2. The van der Waals surface area contributed by atoms with E-state index < -0.39 is 5.97 Å². The molecule has 3 nitrogen and oxygen atoms in total. The highest BCUT2D eigenvalue weighted by molar-refractivity contribution is 6.51. The molecule has 0 fully saturated rings. The summed E-state index contributed by atoms with van der Waals surface area (Å²) >= 11 is 6.16. The number of phenolic OH excluding ortho intramolecular Hbond substituents is 1. The molecule has 0 aliphatic heterocycles. The van der Waals surface area contributed by atoms with Crippen molar-refractivity contribution >= 4 is 28.7 Å². The maximum Gasteiger partial charge on any atom is 0.335 e. The molecule has 0 aromatic heterocycles. The summed E-state index contributed by atoms with van der Waals surface area (Å²) in [6, 6.07) is 12.9. The molecule has 0 heterocycles. The first-order valence-corrected chi connectivity index (χ1v) is 5.94. The maximum atomic E-state index is 10.7. The molecule has 0 radical (unpaired) electrons. The summed E-state index contributed by atoms with van der Waals surface area (Å²) in [4.78, 5) is 10.7. The van der Waals surface area contributed by atoms with Crippen LogP contribution in [0, 0.1) is 0 Å². The first-order chi connectivity index (χ1) is 9.06. The summed E-state index contributed by atoms with van der Waals surface area (Å²) in [5.41, 5.74) is 1.82. The van der Waals surface area contributed by atoms with Crippen LogP contribution in [0.5, 0.6) is 5.75 Å². The molecule has 4 heteroatoms. The van der Waals surface area contributed by atoms with Crippen molar-refractivity contribution in [2.24, 2.45) is 0 Å². The summed E-state index contributed by atoms with van der Waals surface area (Å²) < 4.78 is 0. The lowest BCUT2D eigenvalue weighted by atomic mass is 10.1. The molecule has 0 saturated heterocycles. The van der Waals surface area contributed by atoms with Gasteiger partial charge in [-0.2, -0.15) is 0 Å². The van der Waals surface area contributed by atoms with Crippen LogP contribution in [0.3, 0.4) is 0 Å². The molecule has 2 rings (SSSR count). The van der Waals surface area contributed by atoms with E-state index in [1.165, 1.54) is 12.1 Å². The lowest BCUT2D eigenvalue weighted by Gasteiger charge is -2.01. The smallest absolute Gasteiger partial charge is 0.335 e. The number of carboxylic acids is 1. The van der Waals surface area contributed by atoms with Gasteiger partial charge in [-0.15, -0.1) is 0 Å². The van der Waals surface area contributed by atoms with Gasteiger partial charge in [0.05, 0.1) is 5.56 Å². The Morgan fingerprint density at radius 1 is 0.947 bits per heavy atom. The molecule has 0 aliphatic rings. The molecule has 0 saturated carbocycles. The number of carboxylic acid groups (broad SMARTS) is 1. The predicted octanol–water partition coefficient (Wildman–Crippen LogP) is 3.83. The zero-order valence-electron chi connectivity index (χ0n) is 9.88. The van der Waals surface area contributed by atoms with Crippen LogP contribution in [0.2, 0.25) is 0 Å². The van der Waals surface area contributed by atoms with Gasteiger partial charge in [-0.1, -0.05) is 23.7 Å². The largest absolute Gasteiger partial charge is 0.508 e. The van der Waals surface area contributed by atoms with Gasteiger partial charge in [-0.3, -0.25) is 0 Å². The molecular formula is C15H11ClO3. The van der Waals surface area contributed by atoms with Gasteiger partial charge in [0.25, 0.3) is 0 Å². The SMILES string of the molecule is O=C(O)c1ccc(/C=C(\Cl)c2ccc(O)cc2)cc1. The average Bonchev–Trinajstić information content (AvgIpc) is 2.40. The van der Waals surface area contributed by atoms with Crippen LogP contribution in [0.25, 0.3) is 11.1 Å². The van der Waals surface area contributed by atoms with Gasteiger partial charge in [0, 0.05) is 5.03 Å². The van der Waals surface area contributed by atoms with E-state index >= 15 is 0 Å². The Hall–Kier alpha value is -2.26. The third-order valence-electron chi connectivity index (χ3n) is 2.59. The highest BCUT2D eigenvalue weighted by Crippen LogP contribution is 2.24. The molecule has 96 valence electrons. The number of halogens is 1. The fourth-order valence-corrected chi connectivity index (χ4v) is 1.82. The number of rotatable bonds is 3. The summed E-state index contributed by atoms with van der Waals surface area (Å²) in [5.74, 6) is -0.779. The molecule has 0 atom stereocenters. The Morgan fingerprint density at radius 3 is 2.00 bits per heavy atom. The summed E-state index contributed by atoms with van der Waals surface area (Å²) in [6.45, 7) is 0. The quantitative estimate of drug-likeness (QED) is 0.837. The molecule has 0 spiro atoms. The van der Waals surface area contributed by atoms with Crippen LogP contribution in [-0.4, -0.2) is 16.2 Å². The van der Waals surface area contributed by atoms with Crippen LogP contribution in [0.1, 0.15) is 21.5 Å². The highest BCUT2D eigenvalue weighted by Gasteiger charge is 2.02. The molecule has 2 aromatic rings. The lowest BCUT2D eigenvalue weighted by molar-refractivity contribution is 0.0697. The third kappa shape index (κ3) is 3.36. The van der Waals surface area contributed by atoms with Crippen LogP contribution >= 0.6 is 11.6 Å². The number of hydrogen-bond donors (Lipinski definition) is 2. The molecule has 2 aromatic carbocycles. The molecular weight excluding hydrogens is 264 g/mol. The second kappa shape index (κ2) is 5.59. The van der Waals surface area contributed by atoms with Gasteiger partial charge in [-0.25, -0.2) is 4.79 Å². The highest BCUT2D eigenvalue weighted by atomic mass is 35.5. The van der Waals surface area contributed by atoms with E-state index in [4.69, 9.17) is 16.7 Å². The molecule has 0 bridgehead atoms. The Balaban J connectivity index is 2.25. The second-order valence-electron chi connectivity index (χ2n) is 3.97. The van der Waals surface area contributed by atoms with Crippen LogP contribution < -0.4 is 0 Å². The molecule has 0 amide bonds. The number of phenols is 1. The van der Waals surface area contributed by atoms with Crippen molar-refractivity contribution < 1.29 is 15.0 Å². The fraction of sp³-hybridized carbons (Fsp3) is 0. The summed E-state index contributed by atoms with van der Waals surface area (Å²) in [5, 5.41) is 18.5. The van der Waals surface area contributed by atoms with Crippen molar-refractivity contribution in [2.75, 3.05) is 0 Å². The summed E-state index contributed by atoms with van der Waals surface area (Å²) in [6.07, 6.45) is 1.74. The zero-order valence-corrected chi connectivity index (χ0v) is 10.6. The van der Waals surface area contributed by atoms with Crippen molar-refractivity contribution in [1.82, 2.24) is 0 Å². The standard InChI is InChI=1S/C15H11ClO3/c16-14(11-5-7-13(17)8-6-11)9-10-1-3-12(4-2-10)15(18)19/h1-9,17H,(H,18,19)/b14-9-. The minimum Gasteiger partial charge on any atom is -0.508 e. The summed E-state index contributed by atoms with van der Waals surface area (Å²) in [7, 11) is 0. The predicted molar refractivity (Wildman–Crippen MR) is 75.2 cm³/mol. The minimum atomic E-state index is -0.958. The van der Waals surface area contributed by atoms with Crippen LogP contribution in [0.15, 0.2) is 48.5 Å². The topological polar surface area (TPSA) is 57.5 Å².